The summed E-state index contributed by atoms with van der Waals surface area (Å²) < 4.78 is 21.9. The van der Waals surface area contributed by atoms with E-state index >= 15 is 0 Å². The van der Waals surface area contributed by atoms with Crippen molar-refractivity contribution in [1.29, 1.82) is 0 Å². The summed E-state index contributed by atoms with van der Waals surface area (Å²) in [6, 6.07) is 5.15. The van der Waals surface area contributed by atoms with Crippen molar-refractivity contribution < 1.29 is 18.3 Å². The van der Waals surface area contributed by atoms with Gasteiger partial charge in [-0.2, -0.15) is 0 Å². The van der Waals surface area contributed by atoms with Crippen LogP contribution in [0.1, 0.15) is 17.3 Å². The molecule has 0 bridgehead atoms. The van der Waals surface area contributed by atoms with Crippen molar-refractivity contribution >= 4 is 15.8 Å². The number of primary sulfonamides is 1. The monoisotopic (exact) mass is 241 g/mol. The van der Waals surface area contributed by atoms with Crippen LogP contribution in [0.3, 0.4) is 0 Å². The van der Waals surface area contributed by atoms with Crippen molar-refractivity contribution in [3.63, 3.8) is 0 Å². The number of aliphatic hydroxyl groups is 1. The standard InChI is InChI=1S/C10H11NO4S/c1-7(12)6-10(13)8-2-4-9(5-3-8)16(11,14)15/h2-6,12H,1H3,(H2,11,14,15). The van der Waals surface area contributed by atoms with Crippen LogP contribution in [0, 0.1) is 0 Å². The van der Waals surface area contributed by atoms with Crippen molar-refractivity contribution in [3.05, 3.63) is 41.7 Å². The van der Waals surface area contributed by atoms with Crippen LogP contribution in [0.2, 0.25) is 0 Å². The molecule has 0 aliphatic heterocycles. The lowest BCUT2D eigenvalue weighted by Crippen LogP contribution is -2.12. The number of sulfonamides is 1. The number of hydrogen-bond donors (Lipinski definition) is 2. The normalized spacial score (nSPS) is 12.5. The van der Waals surface area contributed by atoms with Gasteiger partial charge in [-0.05, 0) is 31.2 Å². The van der Waals surface area contributed by atoms with Crippen LogP contribution in [-0.4, -0.2) is 19.3 Å². The van der Waals surface area contributed by atoms with E-state index in [1.165, 1.54) is 31.2 Å². The summed E-state index contributed by atoms with van der Waals surface area (Å²) in [6.45, 7) is 1.37. The van der Waals surface area contributed by atoms with Crippen molar-refractivity contribution in [2.24, 2.45) is 5.14 Å². The molecule has 0 radical (unpaired) electrons. The second-order valence-electron chi connectivity index (χ2n) is 3.22. The minimum absolute atomic E-state index is 0.0613. The Balaban J connectivity index is 3.05. The third-order valence-corrected chi connectivity index (χ3v) is 2.74. The second-order valence-corrected chi connectivity index (χ2v) is 4.78. The molecule has 1 aromatic rings. The van der Waals surface area contributed by atoms with Crippen LogP contribution in [0.25, 0.3) is 0 Å². The smallest absolute Gasteiger partial charge is 0.238 e. The van der Waals surface area contributed by atoms with Gasteiger partial charge in [-0.25, -0.2) is 13.6 Å². The maximum absolute atomic E-state index is 11.4. The first-order chi connectivity index (χ1) is 7.30. The van der Waals surface area contributed by atoms with E-state index in [-0.39, 0.29) is 16.2 Å². The molecule has 0 heterocycles. The third-order valence-electron chi connectivity index (χ3n) is 1.81. The highest BCUT2D eigenvalue weighted by atomic mass is 32.2. The molecule has 0 saturated heterocycles. The van der Waals surface area contributed by atoms with E-state index in [0.717, 1.165) is 6.08 Å². The number of allylic oxidation sites excluding steroid dienone is 2. The summed E-state index contributed by atoms with van der Waals surface area (Å²) in [4.78, 5) is 11.3. The fourth-order valence-electron chi connectivity index (χ4n) is 1.08. The predicted molar refractivity (Wildman–Crippen MR) is 58.5 cm³/mol. The number of nitrogens with two attached hydrogens (primary N) is 1. The van der Waals surface area contributed by atoms with E-state index in [1.54, 1.807) is 0 Å². The molecule has 6 heteroatoms. The highest BCUT2D eigenvalue weighted by molar-refractivity contribution is 7.89. The van der Waals surface area contributed by atoms with Gasteiger partial charge in [0.05, 0.1) is 10.7 Å². The maximum atomic E-state index is 11.4. The number of rotatable bonds is 3. The quantitative estimate of drug-likeness (QED) is 0.468. The number of ketones is 1. The lowest BCUT2D eigenvalue weighted by atomic mass is 10.1. The van der Waals surface area contributed by atoms with Gasteiger partial charge in [-0.3, -0.25) is 4.79 Å². The van der Waals surface area contributed by atoms with Crippen molar-refractivity contribution in [2.75, 3.05) is 0 Å². The Morgan fingerprint density at radius 2 is 1.81 bits per heavy atom. The number of hydrogen-bond acceptors (Lipinski definition) is 4. The third kappa shape index (κ3) is 3.18. The van der Waals surface area contributed by atoms with E-state index in [9.17, 15) is 13.2 Å². The van der Waals surface area contributed by atoms with Gasteiger partial charge in [0.1, 0.15) is 0 Å². The lowest BCUT2D eigenvalue weighted by molar-refractivity contribution is 0.104. The predicted octanol–water partition coefficient (Wildman–Crippen LogP) is 0.979. The van der Waals surface area contributed by atoms with Gasteiger partial charge in [0.2, 0.25) is 10.0 Å². The van der Waals surface area contributed by atoms with Crippen molar-refractivity contribution in [3.8, 4) is 0 Å². The minimum atomic E-state index is -3.74. The van der Waals surface area contributed by atoms with Crippen LogP contribution in [0.15, 0.2) is 41.0 Å². The molecule has 0 aromatic heterocycles. The molecule has 5 nitrogen and oxygen atoms in total. The molecule has 1 rings (SSSR count). The molecule has 3 N–H and O–H groups in total. The Hall–Kier alpha value is -1.66. The molecule has 0 aliphatic carbocycles. The number of carbonyl (C=O) groups excluding carboxylic acids is 1. The Morgan fingerprint density at radius 3 is 2.19 bits per heavy atom. The Labute approximate surface area is 93.3 Å². The van der Waals surface area contributed by atoms with E-state index in [4.69, 9.17) is 10.2 Å². The fourth-order valence-corrected chi connectivity index (χ4v) is 1.60. The largest absolute Gasteiger partial charge is 0.512 e. The fraction of sp³-hybridized carbons (Fsp3) is 0.100. The summed E-state index contributed by atoms with van der Waals surface area (Å²) >= 11 is 0. The van der Waals surface area contributed by atoms with Crippen LogP contribution >= 0.6 is 0 Å². The first-order valence-electron chi connectivity index (χ1n) is 4.35. The Bertz CT molecular complexity index is 524. The van der Waals surface area contributed by atoms with E-state index < -0.39 is 15.8 Å². The first kappa shape index (κ1) is 12.4. The highest BCUT2D eigenvalue weighted by Gasteiger charge is 2.09. The molecule has 0 atom stereocenters. The molecule has 0 spiro atoms. The zero-order valence-electron chi connectivity index (χ0n) is 8.54. The van der Waals surface area contributed by atoms with E-state index in [1.807, 2.05) is 0 Å². The first-order valence-corrected chi connectivity index (χ1v) is 5.90. The summed E-state index contributed by atoms with van der Waals surface area (Å²) in [5.41, 5.74) is 0.279. The lowest BCUT2D eigenvalue weighted by Gasteiger charge is -1.99. The molecule has 0 unspecified atom stereocenters. The maximum Gasteiger partial charge on any atom is 0.238 e. The summed E-state index contributed by atoms with van der Waals surface area (Å²) in [7, 11) is -3.74. The zero-order chi connectivity index (χ0) is 12.3. The van der Waals surface area contributed by atoms with Gasteiger partial charge < -0.3 is 5.11 Å². The molecule has 16 heavy (non-hydrogen) atoms. The van der Waals surface area contributed by atoms with Gasteiger partial charge in [0, 0.05) is 11.6 Å². The van der Waals surface area contributed by atoms with Crippen molar-refractivity contribution in [1.82, 2.24) is 0 Å². The molecule has 0 amide bonds. The van der Waals surface area contributed by atoms with Crippen LogP contribution in [-0.2, 0) is 10.0 Å². The molecule has 86 valence electrons. The van der Waals surface area contributed by atoms with Gasteiger partial charge in [0.15, 0.2) is 5.78 Å². The molecular weight excluding hydrogens is 230 g/mol. The summed E-state index contributed by atoms with van der Waals surface area (Å²) in [5, 5.41) is 13.8. The highest BCUT2D eigenvalue weighted by Crippen LogP contribution is 2.10. The van der Waals surface area contributed by atoms with Gasteiger partial charge in [-0.15, -0.1) is 0 Å². The molecule has 0 aliphatic rings. The van der Waals surface area contributed by atoms with E-state index in [0.29, 0.717) is 0 Å². The van der Waals surface area contributed by atoms with Crippen LogP contribution in [0.5, 0.6) is 0 Å². The average molecular weight is 241 g/mol. The van der Waals surface area contributed by atoms with Crippen LogP contribution in [0.4, 0.5) is 0 Å². The molecule has 0 saturated carbocycles. The van der Waals surface area contributed by atoms with E-state index in [2.05, 4.69) is 0 Å². The molecule has 1 aromatic carbocycles. The Kier molecular flexibility index (Phi) is 3.46. The minimum Gasteiger partial charge on any atom is -0.512 e. The van der Waals surface area contributed by atoms with Gasteiger partial charge in [0.25, 0.3) is 0 Å². The summed E-state index contributed by atoms with van der Waals surface area (Å²) in [6.07, 6.45) is 1.05. The average Bonchev–Trinajstić information content (AvgIpc) is 2.15. The Morgan fingerprint density at radius 1 is 1.31 bits per heavy atom. The SMILES string of the molecule is CC(O)=CC(=O)c1ccc(S(N)(=O)=O)cc1. The van der Waals surface area contributed by atoms with Gasteiger partial charge >= 0.3 is 0 Å². The number of carbonyl (C=O) groups is 1. The molecular formula is C10H11NO4S. The topological polar surface area (TPSA) is 97.5 Å². The number of aliphatic hydroxyl groups excluding tert-OH is 1. The summed E-state index contributed by atoms with van der Waals surface area (Å²) in [5.74, 6) is -0.513. The number of benzene rings is 1. The van der Waals surface area contributed by atoms with Gasteiger partial charge in [-0.1, -0.05) is 0 Å². The van der Waals surface area contributed by atoms with Crippen LogP contribution < -0.4 is 5.14 Å². The van der Waals surface area contributed by atoms with Crippen molar-refractivity contribution in [2.45, 2.75) is 11.8 Å². The molecule has 0 fully saturated rings. The second kappa shape index (κ2) is 4.46. The zero-order valence-corrected chi connectivity index (χ0v) is 9.36.